The van der Waals surface area contributed by atoms with Gasteiger partial charge in [0, 0.05) is 6.20 Å². The monoisotopic (exact) mass is 207 g/mol. The van der Waals surface area contributed by atoms with Crippen LogP contribution in [0.3, 0.4) is 0 Å². The predicted molar refractivity (Wildman–Crippen MR) is 53.6 cm³/mol. The molecule has 0 aliphatic carbocycles. The lowest BCUT2D eigenvalue weighted by Crippen LogP contribution is -2.22. The van der Waals surface area contributed by atoms with E-state index in [0.717, 1.165) is 0 Å². The van der Waals surface area contributed by atoms with Crippen molar-refractivity contribution in [2.45, 2.75) is 18.6 Å². The van der Waals surface area contributed by atoms with Crippen molar-refractivity contribution in [1.29, 1.82) is 5.26 Å². The summed E-state index contributed by atoms with van der Waals surface area (Å²) >= 11 is 0. The molecule has 0 bridgehead atoms. The van der Waals surface area contributed by atoms with Gasteiger partial charge in [-0.05, 0) is 25.1 Å². The number of hydrogen-bond acceptors (Lipinski definition) is 5. The molecular formula is C10H13N3O2. The Morgan fingerprint density at radius 3 is 2.87 bits per heavy atom. The zero-order valence-corrected chi connectivity index (χ0v) is 8.17. The minimum Gasteiger partial charge on any atom is -0.390 e. The first-order valence-electron chi connectivity index (χ1n) is 4.61. The summed E-state index contributed by atoms with van der Waals surface area (Å²) in [7, 11) is 0. The third-order valence-electron chi connectivity index (χ3n) is 2.04. The van der Waals surface area contributed by atoms with Gasteiger partial charge in [0.05, 0.1) is 23.4 Å². The number of rotatable bonds is 4. The van der Waals surface area contributed by atoms with Crippen LogP contribution in [0.25, 0.3) is 0 Å². The fourth-order valence-corrected chi connectivity index (χ4v) is 1.21. The summed E-state index contributed by atoms with van der Waals surface area (Å²) in [5.74, 6) is 0. The van der Waals surface area contributed by atoms with E-state index in [4.69, 9.17) is 11.0 Å². The molecule has 1 aromatic heterocycles. The number of nitriles is 1. The number of aliphatic hydroxyl groups excluding tert-OH is 2. The fraction of sp³-hybridized carbons (Fsp3) is 0.400. The Morgan fingerprint density at radius 2 is 2.27 bits per heavy atom. The van der Waals surface area contributed by atoms with Crippen molar-refractivity contribution in [2.75, 3.05) is 6.54 Å². The van der Waals surface area contributed by atoms with Crippen LogP contribution in [-0.2, 0) is 0 Å². The van der Waals surface area contributed by atoms with E-state index in [9.17, 15) is 10.2 Å². The molecule has 0 radical (unpaired) electrons. The third kappa shape index (κ3) is 2.99. The van der Waals surface area contributed by atoms with Gasteiger partial charge in [-0.3, -0.25) is 4.98 Å². The maximum atomic E-state index is 9.66. The van der Waals surface area contributed by atoms with Crippen molar-refractivity contribution in [2.24, 2.45) is 5.73 Å². The summed E-state index contributed by atoms with van der Waals surface area (Å²) in [5.41, 5.74) is 5.95. The molecule has 0 spiro atoms. The van der Waals surface area contributed by atoms with Crippen LogP contribution >= 0.6 is 0 Å². The predicted octanol–water partition coefficient (Wildman–Crippen LogP) is -0.304. The zero-order valence-electron chi connectivity index (χ0n) is 8.17. The summed E-state index contributed by atoms with van der Waals surface area (Å²) in [6, 6.07) is 4.92. The molecule has 5 nitrogen and oxygen atoms in total. The van der Waals surface area contributed by atoms with Gasteiger partial charge in [0.25, 0.3) is 0 Å². The first kappa shape index (κ1) is 11.6. The van der Waals surface area contributed by atoms with Gasteiger partial charge < -0.3 is 15.9 Å². The standard InChI is InChI=1S/C10H13N3O2/c11-3-1-9(14)10(15)8-5-7(6-12)2-4-13-8/h2,4-5,9-10,14-15H,1,3,11H2. The maximum absolute atomic E-state index is 9.66. The number of aliphatic hydroxyl groups is 2. The lowest BCUT2D eigenvalue weighted by molar-refractivity contribution is 0.0125. The molecule has 0 amide bonds. The number of hydrogen-bond donors (Lipinski definition) is 3. The van der Waals surface area contributed by atoms with Gasteiger partial charge >= 0.3 is 0 Å². The quantitative estimate of drug-likeness (QED) is 0.628. The van der Waals surface area contributed by atoms with Crippen LogP contribution in [0.5, 0.6) is 0 Å². The van der Waals surface area contributed by atoms with Crippen molar-refractivity contribution >= 4 is 0 Å². The summed E-state index contributed by atoms with van der Waals surface area (Å²) in [6.45, 7) is 0.288. The number of nitrogens with two attached hydrogens (primary N) is 1. The van der Waals surface area contributed by atoms with Crippen molar-refractivity contribution in [3.63, 3.8) is 0 Å². The normalized spacial score (nSPS) is 14.3. The van der Waals surface area contributed by atoms with E-state index in [1.54, 1.807) is 0 Å². The molecule has 1 heterocycles. The Hall–Kier alpha value is -1.48. The van der Waals surface area contributed by atoms with E-state index in [1.807, 2.05) is 6.07 Å². The van der Waals surface area contributed by atoms with E-state index in [-0.39, 0.29) is 12.2 Å². The molecule has 0 aliphatic heterocycles. The Kier molecular flexibility index (Phi) is 4.18. The van der Waals surface area contributed by atoms with Gasteiger partial charge in [-0.2, -0.15) is 5.26 Å². The first-order chi connectivity index (χ1) is 7.19. The summed E-state index contributed by atoms with van der Waals surface area (Å²) in [5, 5.41) is 27.8. The molecule has 4 N–H and O–H groups in total. The van der Waals surface area contributed by atoms with Gasteiger partial charge in [0.1, 0.15) is 6.10 Å². The second kappa shape index (κ2) is 5.41. The summed E-state index contributed by atoms with van der Waals surface area (Å²) in [6.07, 6.45) is -0.329. The zero-order chi connectivity index (χ0) is 11.3. The first-order valence-corrected chi connectivity index (χ1v) is 4.61. The smallest absolute Gasteiger partial charge is 0.122 e. The van der Waals surface area contributed by atoms with Gasteiger partial charge in [-0.25, -0.2) is 0 Å². The highest BCUT2D eigenvalue weighted by atomic mass is 16.3. The highest BCUT2D eigenvalue weighted by molar-refractivity contribution is 5.29. The molecule has 0 saturated carbocycles. The molecular weight excluding hydrogens is 194 g/mol. The van der Waals surface area contributed by atoms with Crippen LogP contribution in [0.4, 0.5) is 0 Å². The highest BCUT2D eigenvalue weighted by Gasteiger charge is 2.18. The van der Waals surface area contributed by atoms with E-state index >= 15 is 0 Å². The fourth-order valence-electron chi connectivity index (χ4n) is 1.21. The maximum Gasteiger partial charge on any atom is 0.122 e. The van der Waals surface area contributed by atoms with Gasteiger partial charge in [-0.15, -0.1) is 0 Å². The minimum atomic E-state index is -1.10. The Morgan fingerprint density at radius 1 is 1.53 bits per heavy atom. The molecule has 2 unspecified atom stereocenters. The molecule has 0 aromatic carbocycles. The van der Waals surface area contributed by atoms with Crippen LogP contribution in [0.1, 0.15) is 23.8 Å². The SMILES string of the molecule is N#Cc1ccnc(C(O)C(O)CCN)c1. The van der Waals surface area contributed by atoms with E-state index < -0.39 is 12.2 Å². The van der Waals surface area contributed by atoms with Crippen LogP contribution < -0.4 is 5.73 Å². The second-order valence-corrected chi connectivity index (χ2v) is 3.17. The third-order valence-corrected chi connectivity index (χ3v) is 2.04. The molecule has 5 heteroatoms. The average Bonchev–Trinajstić information content (AvgIpc) is 2.28. The van der Waals surface area contributed by atoms with Crippen LogP contribution in [0.15, 0.2) is 18.3 Å². The van der Waals surface area contributed by atoms with Crippen molar-refractivity contribution in [3.8, 4) is 6.07 Å². The molecule has 15 heavy (non-hydrogen) atoms. The van der Waals surface area contributed by atoms with Crippen LogP contribution in [0, 0.1) is 11.3 Å². The van der Waals surface area contributed by atoms with Gasteiger partial charge in [0.15, 0.2) is 0 Å². The van der Waals surface area contributed by atoms with Crippen LogP contribution in [0.2, 0.25) is 0 Å². The van der Waals surface area contributed by atoms with Crippen molar-refractivity contribution < 1.29 is 10.2 Å². The molecule has 2 atom stereocenters. The van der Waals surface area contributed by atoms with E-state index in [2.05, 4.69) is 4.98 Å². The van der Waals surface area contributed by atoms with Crippen LogP contribution in [-0.4, -0.2) is 27.8 Å². The lowest BCUT2D eigenvalue weighted by Gasteiger charge is -2.16. The topological polar surface area (TPSA) is 103 Å². The highest BCUT2D eigenvalue weighted by Crippen LogP contribution is 2.17. The Balaban J connectivity index is 2.82. The van der Waals surface area contributed by atoms with E-state index in [1.165, 1.54) is 18.3 Å². The van der Waals surface area contributed by atoms with E-state index in [0.29, 0.717) is 12.0 Å². The molecule has 0 fully saturated rings. The molecule has 1 aromatic rings. The minimum absolute atomic E-state index is 0.287. The Bertz CT molecular complexity index is 362. The molecule has 1 rings (SSSR count). The number of nitrogens with zero attached hydrogens (tertiary/aromatic N) is 2. The second-order valence-electron chi connectivity index (χ2n) is 3.17. The van der Waals surface area contributed by atoms with Gasteiger partial charge in [-0.1, -0.05) is 0 Å². The Labute approximate surface area is 87.8 Å². The molecule has 80 valence electrons. The molecule has 0 saturated heterocycles. The lowest BCUT2D eigenvalue weighted by atomic mass is 10.1. The summed E-state index contributed by atoms with van der Waals surface area (Å²) in [4.78, 5) is 3.89. The molecule has 0 aliphatic rings. The average molecular weight is 207 g/mol. The number of pyridine rings is 1. The van der Waals surface area contributed by atoms with Crippen molar-refractivity contribution in [1.82, 2.24) is 4.98 Å². The van der Waals surface area contributed by atoms with Gasteiger partial charge in [0.2, 0.25) is 0 Å². The largest absolute Gasteiger partial charge is 0.390 e. The van der Waals surface area contributed by atoms with Crippen molar-refractivity contribution in [3.05, 3.63) is 29.6 Å². The number of aromatic nitrogens is 1. The summed E-state index contributed by atoms with van der Waals surface area (Å²) < 4.78 is 0.